The van der Waals surface area contributed by atoms with E-state index < -0.39 is 0 Å². The van der Waals surface area contributed by atoms with E-state index in [2.05, 4.69) is 31.7 Å². The van der Waals surface area contributed by atoms with Crippen LogP contribution >= 0.6 is 11.3 Å². The molecule has 28 heavy (non-hydrogen) atoms. The summed E-state index contributed by atoms with van der Waals surface area (Å²) in [4.78, 5) is 25.2. The maximum atomic E-state index is 11.9. The molecule has 3 heterocycles. The number of nitrogens with zero attached hydrogens (tertiary/aromatic N) is 3. The van der Waals surface area contributed by atoms with E-state index in [4.69, 9.17) is 5.73 Å². The van der Waals surface area contributed by atoms with Gasteiger partial charge in [0.25, 0.3) is 0 Å². The van der Waals surface area contributed by atoms with Crippen LogP contribution in [0.15, 0.2) is 54.9 Å². The number of aromatic nitrogens is 3. The summed E-state index contributed by atoms with van der Waals surface area (Å²) < 4.78 is 0.928. The second-order valence-electron chi connectivity index (χ2n) is 6.06. The summed E-state index contributed by atoms with van der Waals surface area (Å²) in [6.07, 6.45) is 3.54. The van der Waals surface area contributed by atoms with Crippen molar-refractivity contribution in [3.05, 3.63) is 54.9 Å². The van der Waals surface area contributed by atoms with Gasteiger partial charge in [0.2, 0.25) is 0 Å². The number of nitrogens with two attached hydrogens (primary N) is 1. The third kappa shape index (κ3) is 3.63. The minimum atomic E-state index is -0.280. The van der Waals surface area contributed by atoms with Gasteiger partial charge in [-0.05, 0) is 42.8 Å². The fourth-order valence-electron chi connectivity index (χ4n) is 2.88. The molecule has 7 nitrogen and oxygen atoms in total. The number of nitrogens with one attached hydrogen (secondary N) is 2. The van der Waals surface area contributed by atoms with Gasteiger partial charge in [-0.3, -0.25) is 10.3 Å². The predicted octanol–water partition coefficient (Wildman–Crippen LogP) is 4.14. The van der Waals surface area contributed by atoms with Crippen LogP contribution in [0, 0.1) is 0 Å². The van der Waals surface area contributed by atoms with Crippen LogP contribution in [0.5, 0.6) is 0 Å². The minimum absolute atomic E-state index is 0.280. The lowest BCUT2D eigenvalue weighted by molar-refractivity contribution is 0.252. The summed E-state index contributed by atoms with van der Waals surface area (Å²) in [5.74, 6) is 0.447. The van der Waals surface area contributed by atoms with E-state index in [0.29, 0.717) is 17.5 Å². The molecule has 0 bridgehead atoms. The number of urea groups is 1. The number of carbonyl (C=O) groups excluding carboxylic acids is 1. The lowest BCUT2D eigenvalue weighted by atomic mass is 10.0. The molecule has 4 rings (SSSR count). The lowest BCUT2D eigenvalue weighted by Crippen LogP contribution is -2.28. The van der Waals surface area contributed by atoms with Crippen LogP contribution in [0.3, 0.4) is 0 Å². The first-order valence-corrected chi connectivity index (χ1v) is 9.58. The molecular formula is C20H18N6OS. The largest absolute Gasteiger partial charge is 0.384 e. The number of carbonyl (C=O) groups is 1. The zero-order valence-electron chi connectivity index (χ0n) is 15.1. The lowest BCUT2D eigenvalue weighted by Gasteiger charge is -2.07. The standard InChI is InChI=1S/C20H18N6OS/c1-2-23-19(27)26-20-25-16-10-13(12-5-4-8-22-11-12)9-14(18(16)28-20)15-6-3-7-17(21)24-15/h3-11H,2H2,1H3,(H2,21,24)(H2,23,25,26,27). The Hall–Kier alpha value is -3.52. The van der Waals surface area contributed by atoms with Gasteiger partial charge >= 0.3 is 6.03 Å². The Balaban J connectivity index is 1.88. The number of benzene rings is 1. The first-order chi connectivity index (χ1) is 13.6. The SMILES string of the molecule is CCNC(=O)Nc1nc2cc(-c3cccnc3)cc(-c3cccc(N)n3)c2s1. The second kappa shape index (κ2) is 7.61. The number of hydrogen-bond donors (Lipinski definition) is 3. The van der Waals surface area contributed by atoms with Crippen molar-refractivity contribution in [3.63, 3.8) is 0 Å². The highest BCUT2D eigenvalue weighted by Crippen LogP contribution is 2.38. The number of thiazole rings is 1. The van der Waals surface area contributed by atoms with E-state index in [-0.39, 0.29) is 6.03 Å². The molecule has 0 aliphatic rings. The minimum Gasteiger partial charge on any atom is -0.384 e. The van der Waals surface area contributed by atoms with Gasteiger partial charge in [-0.15, -0.1) is 0 Å². The molecule has 2 amide bonds. The molecule has 3 aromatic heterocycles. The van der Waals surface area contributed by atoms with Gasteiger partial charge in [0.05, 0.1) is 15.9 Å². The van der Waals surface area contributed by atoms with Crippen LogP contribution in [0.1, 0.15) is 6.92 Å². The highest BCUT2D eigenvalue weighted by molar-refractivity contribution is 7.22. The van der Waals surface area contributed by atoms with Crippen molar-refractivity contribution < 1.29 is 4.79 Å². The first kappa shape index (κ1) is 17.9. The Morgan fingerprint density at radius 1 is 1.14 bits per heavy atom. The molecule has 4 aromatic rings. The molecule has 0 saturated heterocycles. The quantitative estimate of drug-likeness (QED) is 0.485. The summed E-state index contributed by atoms with van der Waals surface area (Å²) in [6, 6.07) is 13.2. The van der Waals surface area contributed by atoms with Gasteiger partial charge in [0.1, 0.15) is 5.82 Å². The molecule has 0 aliphatic carbocycles. The highest BCUT2D eigenvalue weighted by atomic mass is 32.1. The van der Waals surface area contributed by atoms with Crippen LogP contribution in [0.4, 0.5) is 15.7 Å². The first-order valence-electron chi connectivity index (χ1n) is 8.77. The Morgan fingerprint density at radius 2 is 2.04 bits per heavy atom. The third-order valence-electron chi connectivity index (χ3n) is 4.09. The topological polar surface area (TPSA) is 106 Å². The summed E-state index contributed by atoms with van der Waals surface area (Å²) >= 11 is 1.40. The van der Waals surface area contributed by atoms with E-state index in [1.165, 1.54) is 11.3 Å². The Bertz CT molecular complexity index is 1140. The van der Waals surface area contributed by atoms with Crippen molar-refractivity contribution in [2.45, 2.75) is 6.92 Å². The van der Waals surface area contributed by atoms with Crippen molar-refractivity contribution in [3.8, 4) is 22.4 Å². The predicted molar refractivity (Wildman–Crippen MR) is 113 cm³/mol. The fourth-order valence-corrected chi connectivity index (χ4v) is 3.84. The molecule has 0 saturated carbocycles. The number of amides is 2. The number of fused-ring (bicyclic) bond motifs is 1. The second-order valence-corrected chi connectivity index (χ2v) is 7.06. The van der Waals surface area contributed by atoms with Gasteiger partial charge in [-0.1, -0.05) is 23.5 Å². The van der Waals surface area contributed by atoms with Crippen LogP contribution in [0.2, 0.25) is 0 Å². The normalized spacial score (nSPS) is 10.8. The molecule has 0 spiro atoms. The molecule has 1 aromatic carbocycles. The van der Waals surface area contributed by atoms with Crippen molar-refractivity contribution >= 4 is 38.5 Å². The van der Waals surface area contributed by atoms with Crippen LogP contribution in [-0.4, -0.2) is 27.5 Å². The number of rotatable bonds is 4. The van der Waals surface area contributed by atoms with Crippen molar-refractivity contribution in [1.29, 1.82) is 0 Å². The average molecular weight is 390 g/mol. The maximum Gasteiger partial charge on any atom is 0.321 e. The summed E-state index contributed by atoms with van der Waals surface area (Å²) in [7, 11) is 0. The smallest absolute Gasteiger partial charge is 0.321 e. The summed E-state index contributed by atoms with van der Waals surface area (Å²) in [5.41, 5.74) is 10.3. The molecule has 0 atom stereocenters. The average Bonchev–Trinajstić information content (AvgIpc) is 3.10. The number of pyridine rings is 2. The van der Waals surface area contributed by atoms with Gasteiger partial charge in [0, 0.05) is 30.1 Å². The van der Waals surface area contributed by atoms with Gasteiger partial charge < -0.3 is 11.1 Å². The van der Waals surface area contributed by atoms with E-state index >= 15 is 0 Å². The molecule has 4 N–H and O–H groups in total. The van der Waals surface area contributed by atoms with E-state index in [9.17, 15) is 4.79 Å². The Kier molecular flexibility index (Phi) is 4.86. The van der Waals surface area contributed by atoms with E-state index in [0.717, 1.165) is 32.6 Å². The fraction of sp³-hybridized carbons (Fsp3) is 0.100. The third-order valence-corrected chi connectivity index (χ3v) is 5.11. The van der Waals surface area contributed by atoms with Crippen LogP contribution < -0.4 is 16.4 Å². The molecule has 0 unspecified atom stereocenters. The van der Waals surface area contributed by atoms with Crippen LogP contribution in [-0.2, 0) is 0 Å². The summed E-state index contributed by atoms with van der Waals surface area (Å²) in [6.45, 7) is 2.40. The molecule has 8 heteroatoms. The maximum absolute atomic E-state index is 11.9. The van der Waals surface area contributed by atoms with Gasteiger partial charge in [-0.25, -0.2) is 14.8 Å². The highest BCUT2D eigenvalue weighted by Gasteiger charge is 2.15. The van der Waals surface area contributed by atoms with E-state index in [1.807, 2.05) is 37.3 Å². The summed E-state index contributed by atoms with van der Waals surface area (Å²) in [5, 5.41) is 6.01. The number of hydrogen-bond acceptors (Lipinski definition) is 6. The Morgan fingerprint density at radius 3 is 2.79 bits per heavy atom. The molecule has 0 aliphatic heterocycles. The molecule has 0 radical (unpaired) electrons. The molecule has 140 valence electrons. The van der Waals surface area contributed by atoms with Crippen molar-refractivity contribution in [2.75, 3.05) is 17.6 Å². The Labute approximate surface area is 165 Å². The monoisotopic (exact) mass is 390 g/mol. The molecular weight excluding hydrogens is 372 g/mol. The van der Waals surface area contributed by atoms with Gasteiger partial charge in [-0.2, -0.15) is 0 Å². The zero-order chi connectivity index (χ0) is 19.5. The number of nitrogen functional groups attached to an aromatic ring is 1. The van der Waals surface area contributed by atoms with Crippen molar-refractivity contribution in [2.24, 2.45) is 0 Å². The van der Waals surface area contributed by atoms with Gasteiger partial charge in [0.15, 0.2) is 5.13 Å². The molecule has 0 fully saturated rings. The zero-order valence-corrected chi connectivity index (χ0v) is 16.0. The van der Waals surface area contributed by atoms with Crippen LogP contribution in [0.25, 0.3) is 32.6 Å². The van der Waals surface area contributed by atoms with E-state index in [1.54, 1.807) is 18.5 Å². The van der Waals surface area contributed by atoms with Crippen molar-refractivity contribution in [1.82, 2.24) is 20.3 Å². The number of anilines is 2.